The van der Waals surface area contributed by atoms with E-state index in [1.165, 1.54) is 5.56 Å². The van der Waals surface area contributed by atoms with Gasteiger partial charge in [0.05, 0.1) is 0 Å². The standard InChI is InChI=1S/C17H25NO3/c1-12-6-7-16(8-13(12)2)21-11-17(20)18-9-14-4-3-5-15(14)10-19/h6-8,14-15,19H,3-5,9-11H2,1-2H3,(H,18,20). The van der Waals surface area contributed by atoms with Crippen LogP contribution < -0.4 is 10.1 Å². The van der Waals surface area contributed by atoms with Gasteiger partial charge in [0.2, 0.25) is 0 Å². The van der Waals surface area contributed by atoms with Crippen LogP contribution >= 0.6 is 0 Å². The van der Waals surface area contributed by atoms with Crippen LogP contribution in [0.15, 0.2) is 18.2 Å². The number of hydrogen-bond donors (Lipinski definition) is 2. The van der Waals surface area contributed by atoms with Gasteiger partial charge in [0.25, 0.3) is 5.91 Å². The van der Waals surface area contributed by atoms with Crippen molar-refractivity contribution in [2.24, 2.45) is 11.8 Å². The number of aryl methyl sites for hydroxylation is 2. The minimum atomic E-state index is -0.100. The van der Waals surface area contributed by atoms with E-state index in [0.29, 0.717) is 18.4 Å². The third kappa shape index (κ3) is 4.46. The molecule has 2 rings (SSSR count). The molecule has 1 fully saturated rings. The topological polar surface area (TPSA) is 58.6 Å². The molecule has 1 saturated carbocycles. The van der Waals surface area contributed by atoms with E-state index in [1.54, 1.807) is 0 Å². The number of ether oxygens (including phenoxy) is 1. The first kappa shape index (κ1) is 15.8. The molecule has 2 N–H and O–H groups in total. The Kier molecular flexibility index (Phi) is 5.62. The zero-order chi connectivity index (χ0) is 15.2. The predicted molar refractivity (Wildman–Crippen MR) is 82.3 cm³/mol. The van der Waals surface area contributed by atoms with Crippen molar-refractivity contribution in [3.63, 3.8) is 0 Å². The second kappa shape index (κ2) is 7.46. The number of aliphatic hydroxyl groups is 1. The lowest BCUT2D eigenvalue weighted by molar-refractivity contribution is -0.123. The molecule has 1 aliphatic rings. The summed E-state index contributed by atoms with van der Waals surface area (Å²) >= 11 is 0. The normalized spacial score (nSPS) is 21.3. The largest absolute Gasteiger partial charge is 0.484 e. The molecule has 0 saturated heterocycles. The minimum absolute atomic E-state index is 0.0407. The number of benzene rings is 1. The highest BCUT2D eigenvalue weighted by atomic mass is 16.5. The number of hydrogen-bond acceptors (Lipinski definition) is 3. The fourth-order valence-corrected chi connectivity index (χ4v) is 2.87. The summed E-state index contributed by atoms with van der Waals surface area (Å²) in [7, 11) is 0. The lowest BCUT2D eigenvalue weighted by Crippen LogP contribution is -2.34. The van der Waals surface area contributed by atoms with Gasteiger partial charge < -0.3 is 15.2 Å². The summed E-state index contributed by atoms with van der Waals surface area (Å²) in [6, 6.07) is 5.82. The Hall–Kier alpha value is -1.55. The Bertz CT molecular complexity index is 487. The van der Waals surface area contributed by atoms with Crippen LogP contribution in [0.3, 0.4) is 0 Å². The monoisotopic (exact) mass is 291 g/mol. The van der Waals surface area contributed by atoms with Crippen molar-refractivity contribution in [1.29, 1.82) is 0 Å². The molecule has 0 heterocycles. The van der Waals surface area contributed by atoms with Crippen molar-refractivity contribution < 1.29 is 14.6 Å². The van der Waals surface area contributed by atoms with Gasteiger partial charge >= 0.3 is 0 Å². The highest BCUT2D eigenvalue weighted by Crippen LogP contribution is 2.30. The Morgan fingerprint density at radius 1 is 1.29 bits per heavy atom. The molecule has 1 aromatic rings. The average Bonchev–Trinajstić information content (AvgIpc) is 2.94. The van der Waals surface area contributed by atoms with Crippen LogP contribution in [0, 0.1) is 25.7 Å². The molecule has 1 aliphatic carbocycles. The summed E-state index contributed by atoms with van der Waals surface area (Å²) in [5, 5.41) is 12.2. The fraction of sp³-hybridized carbons (Fsp3) is 0.588. The van der Waals surface area contributed by atoms with Gasteiger partial charge in [-0.1, -0.05) is 12.5 Å². The molecular formula is C17H25NO3. The van der Waals surface area contributed by atoms with E-state index in [-0.39, 0.29) is 19.1 Å². The first-order valence-corrected chi connectivity index (χ1v) is 7.67. The highest BCUT2D eigenvalue weighted by molar-refractivity contribution is 5.77. The molecule has 2 atom stereocenters. The Labute approximate surface area is 126 Å². The molecule has 21 heavy (non-hydrogen) atoms. The van der Waals surface area contributed by atoms with E-state index in [4.69, 9.17) is 4.74 Å². The highest BCUT2D eigenvalue weighted by Gasteiger charge is 2.26. The van der Waals surface area contributed by atoms with Crippen LogP contribution in [-0.2, 0) is 4.79 Å². The van der Waals surface area contributed by atoms with Crippen molar-refractivity contribution >= 4 is 5.91 Å². The molecule has 0 radical (unpaired) electrons. The molecule has 116 valence electrons. The van der Waals surface area contributed by atoms with Crippen LogP contribution in [0.1, 0.15) is 30.4 Å². The number of amides is 1. The van der Waals surface area contributed by atoms with Crippen molar-refractivity contribution in [2.75, 3.05) is 19.8 Å². The van der Waals surface area contributed by atoms with Crippen LogP contribution in [0.25, 0.3) is 0 Å². The van der Waals surface area contributed by atoms with Crippen molar-refractivity contribution in [3.05, 3.63) is 29.3 Å². The Morgan fingerprint density at radius 3 is 2.76 bits per heavy atom. The maximum absolute atomic E-state index is 11.8. The second-order valence-corrected chi connectivity index (χ2v) is 5.97. The van der Waals surface area contributed by atoms with Crippen LogP contribution in [0.5, 0.6) is 5.75 Å². The van der Waals surface area contributed by atoms with Gasteiger partial charge in [0.15, 0.2) is 6.61 Å². The van der Waals surface area contributed by atoms with Crippen LogP contribution in [-0.4, -0.2) is 30.8 Å². The number of rotatable bonds is 6. The second-order valence-electron chi connectivity index (χ2n) is 5.97. The molecule has 1 amide bonds. The van der Waals surface area contributed by atoms with Crippen molar-refractivity contribution in [3.8, 4) is 5.75 Å². The Balaban J connectivity index is 1.73. The number of carbonyl (C=O) groups is 1. The summed E-state index contributed by atoms with van der Waals surface area (Å²) in [4.78, 5) is 11.8. The smallest absolute Gasteiger partial charge is 0.257 e. The number of carbonyl (C=O) groups excluding carboxylic acids is 1. The molecule has 4 nitrogen and oxygen atoms in total. The van der Waals surface area contributed by atoms with Gasteiger partial charge in [-0.3, -0.25) is 4.79 Å². The zero-order valence-electron chi connectivity index (χ0n) is 12.9. The van der Waals surface area contributed by atoms with Gasteiger partial charge in [-0.25, -0.2) is 0 Å². The van der Waals surface area contributed by atoms with Gasteiger partial charge in [-0.05, 0) is 61.8 Å². The maximum atomic E-state index is 11.8. The minimum Gasteiger partial charge on any atom is -0.484 e. The summed E-state index contributed by atoms with van der Waals surface area (Å²) in [6.07, 6.45) is 3.30. The molecule has 1 aromatic carbocycles. The van der Waals surface area contributed by atoms with E-state index in [0.717, 1.165) is 30.6 Å². The number of aliphatic hydroxyl groups excluding tert-OH is 1. The summed E-state index contributed by atoms with van der Waals surface area (Å²) < 4.78 is 5.51. The lowest BCUT2D eigenvalue weighted by Gasteiger charge is -2.17. The summed E-state index contributed by atoms with van der Waals surface area (Å²) in [5.74, 6) is 1.37. The van der Waals surface area contributed by atoms with Crippen LogP contribution in [0.2, 0.25) is 0 Å². The van der Waals surface area contributed by atoms with Gasteiger partial charge in [-0.2, -0.15) is 0 Å². The van der Waals surface area contributed by atoms with Crippen molar-refractivity contribution in [2.45, 2.75) is 33.1 Å². The molecule has 0 bridgehead atoms. The number of nitrogens with one attached hydrogen (secondary N) is 1. The van der Waals surface area contributed by atoms with Crippen LogP contribution in [0.4, 0.5) is 0 Å². The van der Waals surface area contributed by atoms with E-state index in [9.17, 15) is 9.90 Å². The third-order valence-corrected chi connectivity index (χ3v) is 4.46. The van der Waals surface area contributed by atoms with Gasteiger partial charge in [0, 0.05) is 13.2 Å². The summed E-state index contributed by atoms with van der Waals surface area (Å²) in [6.45, 7) is 4.97. The lowest BCUT2D eigenvalue weighted by atomic mass is 9.97. The first-order chi connectivity index (χ1) is 10.1. The molecule has 4 heteroatoms. The molecule has 0 aliphatic heterocycles. The molecule has 2 unspecified atom stereocenters. The first-order valence-electron chi connectivity index (χ1n) is 7.67. The molecule has 0 spiro atoms. The molecule has 0 aromatic heterocycles. The Morgan fingerprint density at radius 2 is 2.05 bits per heavy atom. The quantitative estimate of drug-likeness (QED) is 0.845. The van der Waals surface area contributed by atoms with E-state index >= 15 is 0 Å². The fourth-order valence-electron chi connectivity index (χ4n) is 2.87. The average molecular weight is 291 g/mol. The third-order valence-electron chi connectivity index (χ3n) is 4.46. The SMILES string of the molecule is Cc1ccc(OCC(=O)NCC2CCCC2CO)cc1C. The molecular weight excluding hydrogens is 266 g/mol. The zero-order valence-corrected chi connectivity index (χ0v) is 12.9. The van der Waals surface area contributed by atoms with Gasteiger partial charge in [-0.15, -0.1) is 0 Å². The van der Waals surface area contributed by atoms with Gasteiger partial charge in [0.1, 0.15) is 5.75 Å². The summed E-state index contributed by atoms with van der Waals surface area (Å²) in [5.41, 5.74) is 2.37. The van der Waals surface area contributed by atoms with E-state index in [1.807, 2.05) is 32.0 Å². The predicted octanol–water partition coefficient (Wildman–Crippen LogP) is 2.21. The maximum Gasteiger partial charge on any atom is 0.257 e. The van der Waals surface area contributed by atoms with Crippen molar-refractivity contribution in [1.82, 2.24) is 5.32 Å². The van der Waals surface area contributed by atoms with E-state index < -0.39 is 0 Å². The van der Waals surface area contributed by atoms with E-state index in [2.05, 4.69) is 5.32 Å².